The van der Waals surface area contributed by atoms with Crippen molar-refractivity contribution in [3.05, 3.63) is 38.9 Å². The van der Waals surface area contributed by atoms with Crippen molar-refractivity contribution in [2.75, 3.05) is 0 Å². The molecule has 8 nitrogen and oxygen atoms in total. The molecule has 2 rings (SSSR count). The summed E-state index contributed by atoms with van der Waals surface area (Å²) in [4.78, 5) is 34.8. The summed E-state index contributed by atoms with van der Waals surface area (Å²) in [6, 6.07) is 4.17. The highest BCUT2D eigenvalue weighted by atomic mass is 16.6. The third kappa shape index (κ3) is 6.17. The molecule has 29 heavy (non-hydrogen) atoms. The minimum absolute atomic E-state index is 0.0308. The number of non-ortho nitro benzene ring substituents is 1. The lowest BCUT2D eigenvalue weighted by Gasteiger charge is -2.32. The van der Waals surface area contributed by atoms with Crippen LogP contribution in [-0.4, -0.2) is 21.4 Å². The molecule has 160 valence electrons. The number of amides is 1. The second-order valence-electron chi connectivity index (χ2n) is 8.99. The number of nitrogens with zero attached hydrogens (tertiary/aromatic N) is 2. The van der Waals surface area contributed by atoms with Crippen molar-refractivity contribution < 1.29 is 14.1 Å². The topological polar surface area (TPSA) is 107 Å². The molecular formula is C21H31N3O5. The van der Waals surface area contributed by atoms with Gasteiger partial charge in [0.15, 0.2) is 5.58 Å². The molecule has 0 saturated carbocycles. The van der Waals surface area contributed by atoms with Gasteiger partial charge in [0, 0.05) is 25.1 Å². The monoisotopic (exact) mass is 405 g/mol. The van der Waals surface area contributed by atoms with Crippen LogP contribution in [0.2, 0.25) is 0 Å². The molecule has 2 aromatic rings. The second kappa shape index (κ2) is 9.24. The van der Waals surface area contributed by atoms with Crippen LogP contribution in [0.1, 0.15) is 60.3 Å². The third-order valence-corrected chi connectivity index (χ3v) is 5.06. The minimum Gasteiger partial charge on any atom is -0.407 e. The quantitative estimate of drug-likeness (QED) is 0.496. The van der Waals surface area contributed by atoms with Crippen LogP contribution in [-0.2, 0) is 11.3 Å². The Hall–Kier alpha value is -2.64. The van der Waals surface area contributed by atoms with Crippen LogP contribution in [0.15, 0.2) is 27.4 Å². The summed E-state index contributed by atoms with van der Waals surface area (Å²) in [6.45, 7) is 11.0. The lowest BCUT2D eigenvalue weighted by molar-refractivity contribution is -0.384. The maximum Gasteiger partial charge on any atom is 0.419 e. The fraction of sp³-hybridized carbons (Fsp3) is 0.619. The first-order valence-corrected chi connectivity index (χ1v) is 10.1. The van der Waals surface area contributed by atoms with E-state index >= 15 is 0 Å². The lowest BCUT2D eigenvalue weighted by Crippen LogP contribution is -2.43. The first kappa shape index (κ1) is 22.6. The molecule has 0 fully saturated rings. The Bertz CT molecular complexity index is 921. The normalized spacial score (nSPS) is 13.0. The van der Waals surface area contributed by atoms with E-state index in [0.29, 0.717) is 30.8 Å². The van der Waals surface area contributed by atoms with Crippen LogP contribution in [0.4, 0.5) is 5.69 Å². The summed E-state index contributed by atoms with van der Waals surface area (Å²) < 4.78 is 6.52. The van der Waals surface area contributed by atoms with E-state index in [1.807, 2.05) is 0 Å². The van der Waals surface area contributed by atoms with Crippen LogP contribution in [0.25, 0.3) is 11.1 Å². The van der Waals surface area contributed by atoms with E-state index in [9.17, 15) is 19.7 Å². The molecule has 1 amide bonds. The van der Waals surface area contributed by atoms with Crippen molar-refractivity contribution in [3.8, 4) is 0 Å². The van der Waals surface area contributed by atoms with Gasteiger partial charge < -0.3 is 9.73 Å². The molecule has 0 aliphatic rings. The van der Waals surface area contributed by atoms with Crippen molar-refractivity contribution >= 4 is 22.7 Å². The van der Waals surface area contributed by atoms with Gasteiger partial charge in [0.2, 0.25) is 5.91 Å². The number of rotatable bonds is 9. The zero-order chi connectivity index (χ0) is 21.8. The summed E-state index contributed by atoms with van der Waals surface area (Å²) in [5, 5.41) is 14.0. The molecule has 0 bridgehead atoms. The number of nitrogens with one attached hydrogen (secondary N) is 1. The SMILES string of the molecule is CC(C)CCC(NC(=O)CCCn1c(=O)oc2cc([N+](=O)[O-])ccc21)C(C)(C)C. The molecule has 0 aliphatic carbocycles. The van der Waals surface area contributed by atoms with Crippen molar-refractivity contribution in [2.45, 2.75) is 72.9 Å². The number of nitro groups is 1. The van der Waals surface area contributed by atoms with Gasteiger partial charge in [-0.3, -0.25) is 19.5 Å². The molecule has 1 atom stereocenters. The van der Waals surface area contributed by atoms with Gasteiger partial charge in [-0.05, 0) is 36.7 Å². The number of oxazole rings is 1. The maximum atomic E-state index is 12.4. The Kier molecular flexibility index (Phi) is 7.21. The van der Waals surface area contributed by atoms with Gasteiger partial charge in [-0.2, -0.15) is 0 Å². The van der Waals surface area contributed by atoms with Crippen molar-refractivity contribution in [1.29, 1.82) is 0 Å². The molecule has 1 aromatic carbocycles. The predicted molar refractivity (Wildman–Crippen MR) is 112 cm³/mol. The molecule has 1 aromatic heterocycles. The second-order valence-corrected chi connectivity index (χ2v) is 8.99. The van der Waals surface area contributed by atoms with E-state index in [4.69, 9.17) is 4.42 Å². The maximum absolute atomic E-state index is 12.4. The molecule has 0 saturated heterocycles. The molecule has 0 spiro atoms. The van der Waals surface area contributed by atoms with Crippen LogP contribution in [0, 0.1) is 21.4 Å². The first-order valence-electron chi connectivity index (χ1n) is 10.1. The fourth-order valence-electron chi connectivity index (χ4n) is 3.27. The van der Waals surface area contributed by atoms with Gasteiger partial charge in [0.25, 0.3) is 5.69 Å². The highest BCUT2D eigenvalue weighted by Gasteiger charge is 2.26. The minimum atomic E-state index is -0.578. The standard InChI is InChI=1S/C21H31N3O5/c1-14(2)8-11-18(21(3,4)5)22-19(25)7-6-12-23-16-10-9-15(24(27)28)13-17(16)29-20(23)26/h9-10,13-14,18H,6-8,11-12H2,1-5H3,(H,22,25). The van der Waals surface area contributed by atoms with E-state index in [0.717, 1.165) is 12.8 Å². The number of aryl methyl sites for hydroxylation is 1. The Morgan fingerprint density at radius 2 is 1.97 bits per heavy atom. The van der Waals surface area contributed by atoms with E-state index in [1.165, 1.54) is 22.8 Å². The number of carbonyl (C=O) groups is 1. The Balaban J connectivity index is 1.98. The fourth-order valence-corrected chi connectivity index (χ4v) is 3.27. The summed E-state index contributed by atoms with van der Waals surface area (Å²) >= 11 is 0. The van der Waals surface area contributed by atoms with Gasteiger partial charge in [-0.1, -0.05) is 34.6 Å². The summed E-state index contributed by atoms with van der Waals surface area (Å²) in [7, 11) is 0. The molecule has 0 aliphatic heterocycles. The van der Waals surface area contributed by atoms with Crippen LogP contribution in [0.5, 0.6) is 0 Å². The van der Waals surface area contributed by atoms with Crippen LogP contribution in [0.3, 0.4) is 0 Å². The molecular weight excluding hydrogens is 374 g/mol. The van der Waals surface area contributed by atoms with Crippen molar-refractivity contribution in [1.82, 2.24) is 9.88 Å². The number of benzene rings is 1. The summed E-state index contributed by atoms with van der Waals surface area (Å²) in [5.74, 6) is -0.0376. The molecule has 1 heterocycles. The number of aromatic nitrogens is 1. The third-order valence-electron chi connectivity index (χ3n) is 5.06. The summed E-state index contributed by atoms with van der Waals surface area (Å²) in [6.07, 6.45) is 2.74. The number of fused-ring (bicyclic) bond motifs is 1. The number of carbonyl (C=O) groups excluding carboxylic acids is 1. The van der Waals surface area contributed by atoms with Crippen molar-refractivity contribution in [3.63, 3.8) is 0 Å². The highest BCUT2D eigenvalue weighted by molar-refractivity contribution is 5.77. The zero-order valence-electron chi connectivity index (χ0n) is 17.9. The van der Waals surface area contributed by atoms with Crippen LogP contribution < -0.4 is 11.1 Å². The van der Waals surface area contributed by atoms with E-state index < -0.39 is 10.7 Å². The van der Waals surface area contributed by atoms with Gasteiger partial charge in [0.1, 0.15) is 0 Å². The van der Waals surface area contributed by atoms with Crippen molar-refractivity contribution in [2.24, 2.45) is 11.3 Å². The van der Waals surface area contributed by atoms with Crippen LogP contribution >= 0.6 is 0 Å². The largest absolute Gasteiger partial charge is 0.419 e. The average Bonchev–Trinajstić information content (AvgIpc) is 2.92. The Morgan fingerprint density at radius 3 is 2.55 bits per heavy atom. The average molecular weight is 405 g/mol. The smallest absolute Gasteiger partial charge is 0.407 e. The predicted octanol–water partition coefficient (Wildman–Crippen LogP) is 4.25. The summed E-state index contributed by atoms with van der Waals surface area (Å²) in [5.41, 5.74) is 0.504. The van der Waals surface area contributed by atoms with Gasteiger partial charge >= 0.3 is 5.76 Å². The lowest BCUT2D eigenvalue weighted by atomic mass is 9.82. The molecule has 1 N–H and O–H groups in total. The molecule has 1 unspecified atom stereocenters. The number of hydrogen-bond donors (Lipinski definition) is 1. The zero-order valence-corrected chi connectivity index (χ0v) is 17.9. The highest BCUT2D eigenvalue weighted by Crippen LogP contribution is 2.25. The first-order chi connectivity index (χ1) is 13.5. The van der Waals surface area contributed by atoms with E-state index in [-0.39, 0.29) is 28.6 Å². The van der Waals surface area contributed by atoms with E-state index in [1.54, 1.807) is 0 Å². The Labute approximate surface area is 170 Å². The van der Waals surface area contributed by atoms with E-state index in [2.05, 4.69) is 39.9 Å². The molecule has 0 radical (unpaired) electrons. The number of hydrogen-bond acceptors (Lipinski definition) is 5. The molecule has 8 heteroatoms. The Morgan fingerprint density at radius 1 is 1.28 bits per heavy atom. The van der Waals surface area contributed by atoms with Gasteiger partial charge in [-0.25, -0.2) is 4.79 Å². The van der Waals surface area contributed by atoms with Gasteiger partial charge in [0.05, 0.1) is 16.5 Å². The van der Waals surface area contributed by atoms with Gasteiger partial charge in [-0.15, -0.1) is 0 Å². The number of nitro benzene ring substituents is 1.